The molecule has 0 aliphatic carbocycles. The molecule has 1 heterocycles. The van der Waals surface area contributed by atoms with Crippen LogP contribution in [0.4, 0.5) is 10.5 Å². The summed E-state index contributed by atoms with van der Waals surface area (Å²) in [5, 5.41) is 10.8. The molecule has 0 atom stereocenters. The number of rotatable bonds is 1. The Morgan fingerprint density at radius 2 is 1.89 bits per heavy atom. The average molecular weight is 246 g/mol. The average Bonchev–Trinajstić information content (AvgIpc) is 2.81. The zero-order valence-corrected chi connectivity index (χ0v) is 10.5. The van der Waals surface area contributed by atoms with Gasteiger partial charge in [0.15, 0.2) is 0 Å². The minimum absolute atomic E-state index is 0.546. The fourth-order valence-electron chi connectivity index (χ4n) is 1.65. The molecule has 0 aromatic heterocycles. The van der Waals surface area contributed by atoms with Crippen molar-refractivity contribution in [1.82, 2.24) is 4.90 Å². The van der Waals surface area contributed by atoms with Crippen molar-refractivity contribution in [2.45, 2.75) is 12.8 Å². The van der Waals surface area contributed by atoms with Crippen molar-refractivity contribution in [3.8, 4) is 6.07 Å². The second-order valence-corrected chi connectivity index (χ2v) is 4.19. The number of anilines is 1. The highest BCUT2D eigenvalue weighted by atomic mass is 16.2. The number of primary amides is 1. The molecule has 2 amide bonds. The number of carbonyl (C=O) groups excluding carboxylic acids is 1. The third-order valence-electron chi connectivity index (χ3n) is 2.61. The maximum Gasteiger partial charge on any atom is 0.316 e. The van der Waals surface area contributed by atoms with Crippen molar-refractivity contribution in [2.75, 3.05) is 25.5 Å². The summed E-state index contributed by atoms with van der Waals surface area (Å²) in [6, 6.07) is 7.79. The Morgan fingerprint density at radius 3 is 2.22 bits per heavy atom. The molecule has 1 aromatic rings. The van der Waals surface area contributed by atoms with Gasteiger partial charge < -0.3 is 16.0 Å². The van der Waals surface area contributed by atoms with Gasteiger partial charge in [-0.25, -0.2) is 4.79 Å². The zero-order chi connectivity index (χ0) is 13.4. The van der Waals surface area contributed by atoms with Gasteiger partial charge >= 0.3 is 6.03 Å². The first-order valence-electron chi connectivity index (χ1n) is 5.87. The van der Waals surface area contributed by atoms with E-state index >= 15 is 0 Å². The van der Waals surface area contributed by atoms with Crippen LogP contribution in [-0.2, 0) is 0 Å². The van der Waals surface area contributed by atoms with E-state index in [0.29, 0.717) is 11.3 Å². The molecule has 1 fully saturated rings. The summed E-state index contributed by atoms with van der Waals surface area (Å²) >= 11 is 0. The van der Waals surface area contributed by atoms with Crippen molar-refractivity contribution in [3.05, 3.63) is 29.8 Å². The lowest BCUT2D eigenvalue weighted by Gasteiger charge is -2.01. The van der Waals surface area contributed by atoms with E-state index in [0.717, 1.165) is 0 Å². The molecule has 2 rings (SSSR count). The van der Waals surface area contributed by atoms with Crippen molar-refractivity contribution >= 4 is 11.7 Å². The van der Waals surface area contributed by atoms with Crippen LogP contribution >= 0.6 is 0 Å². The first-order chi connectivity index (χ1) is 8.61. The Hall–Kier alpha value is -2.06. The summed E-state index contributed by atoms with van der Waals surface area (Å²) in [6.07, 6.45) is 2.83. The van der Waals surface area contributed by atoms with E-state index in [2.05, 4.69) is 17.3 Å². The molecule has 0 bridgehead atoms. The molecule has 0 spiro atoms. The number of nitrogens with zero attached hydrogens (tertiary/aromatic N) is 2. The second-order valence-electron chi connectivity index (χ2n) is 4.19. The van der Waals surface area contributed by atoms with Gasteiger partial charge in [0.25, 0.3) is 0 Å². The second kappa shape index (κ2) is 7.30. The van der Waals surface area contributed by atoms with Gasteiger partial charge in [0, 0.05) is 5.69 Å². The van der Waals surface area contributed by atoms with E-state index in [1.807, 2.05) is 6.07 Å². The first-order valence-corrected chi connectivity index (χ1v) is 5.87. The predicted molar refractivity (Wildman–Crippen MR) is 71.1 cm³/mol. The molecule has 0 saturated carbocycles. The van der Waals surface area contributed by atoms with E-state index < -0.39 is 6.03 Å². The van der Waals surface area contributed by atoms with Gasteiger partial charge in [-0.2, -0.15) is 5.26 Å². The number of nitrogens with one attached hydrogen (secondary N) is 1. The fourth-order valence-corrected chi connectivity index (χ4v) is 1.65. The van der Waals surface area contributed by atoms with Crippen LogP contribution < -0.4 is 11.1 Å². The maximum atomic E-state index is 10.4. The number of nitriles is 1. The molecule has 1 aliphatic heterocycles. The topological polar surface area (TPSA) is 82.2 Å². The monoisotopic (exact) mass is 246 g/mol. The van der Waals surface area contributed by atoms with Crippen molar-refractivity contribution < 1.29 is 4.79 Å². The van der Waals surface area contributed by atoms with Gasteiger partial charge in [-0.1, -0.05) is 0 Å². The van der Waals surface area contributed by atoms with E-state index in [9.17, 15) is 4.79 Å². The van der Waals surface area contributed by atoms with E-state index in [1.165, 1.54) is 25.9 Å². The van der Waals surface area contributed by atoms with Gasteiger partial charge in [0.05, 0.1) is 11.6 Å². The lowest BCUT2D eigenvalue weighted by Crippen LogP contribution is -2.19. The molecule has 1 aliphatic rings. The Bertz CT molecular complexity index is 416. The van der Waals surface area contributed by atoms with Crippen molar-refractivity contribution in [1.29, 1.82) is 5.26 Å². The first kappa shape index (κ1) is 14.0. The summed E-state index contributed by atoms with van der Waals surface area (Å²) in [6.45, 7) is 2.64. The highest BCUT2D eigenvalue weighted by Crippen LogP contribution is 2.07. The van der Waals surface area contributed by atoms with Gasteiger partial charge in [-0.3, -0.25) is 0 Å². The standard InChI is InChI=1S/C8H7N3O.C5H11N/c9-5-6-1-3-7(4-2-6)11-8(10)12;1-6-4-2-3-5-6/h1-4H,(H3,10,11,12);2-5H2,1H3. The lowest BCUT2D eigenvalue weighted by molar-refractivity contribution is 0.259. The minimum atomic E-state index is -0.611. The van der Waals surface area contributed by atoms with Gasteiger partial charge in [-0.05, 0) is 57.2 Å². The Labute approximate surface area is 107 Å². The molecule has 1 saturated heterocycles. The Morgan fingerprint density at radius 1 is 1.33 bits per heavy atom. The van der Waals surface area contributed by atoms with E-state index in [4.69, 9.17) is 11.0 Å². The summed E-state index contributed by atoms with van der Waals surface area (Å²) in [5.74, 6) is 0. The molecule has 5 heteroatoms. The molecule has 0 radical (unpaired) electrons. The van der Waals surface area contributed by atoms with Crippen LogP contribution in [0.2, 0.25) is 0 Å². The summed E-state index contributed by atoms with van der Waals surface area (Å²) < 4.78 is 0. The largest absolute Gasteiger partial charge is 0.351 e. The fraction of sp³-hybridized carbons (Fsp3) is 0.385. The number of urea groups is 1. The zero-order valence-electron chi connectivity index (χ0n) is 10.5. The number of hydrogen-bond acceptors (Lipinski definition) is 3. The normalized spacial score (nSPS) is 14.2. The summed E-state index contributed by atoms with van der Waals surface area (Å²) in [5.41, 5.74) is 6.01. The molecule has 96 valence electrons. The van der Waals surface area contributed by atoms with Crippen LogP contribution in [0.3, 0.4) is 0 Å². The third-order valence-corrected chi connectivity index (χ3v) is 2.61. The van der Waals surface area contributed by atoms with E-state index in [-0.39, 0.29) is 0 Å². The lowest BCUT2D eigenvalue weighted by atomic mass is 10.2. The van der Waals surface area contributed by atoms with Gasteiger partial charge in [0.1, 0.15) is 0 Å². The van der Waals surface area contributed by atoms with Gasteiger partial charge in [-0.15, -0.1) is 0 Å². The third kappa shape index (κ3) is 5.32. The quantitative estimate of drug-likeness (QED) is 0.792. The summed E-state index contributed by atoms with van der Waals surface area (Å²) in [7, 11) is 2.17. The van der Waals surface area contributed by atoms with Crippen molar-refractivity contribution in [3.63, 3.8) is 0 Å². The van der Waals surface area contributed by atoms with E-state index in [1.54, 1.807) is 24.3 Å². The Balaban J connectivity index is 0.000000225. The molecule has 1 aromatic carbocycles. The highest BCUT2D eigenvalue weighted by Gasteiger charge is 2.03. The molecule has 3 N–H and O–H groups in total. The minimum Gasteiger partial charge on any atom is -0.351 e. The molecule has 5 nitrogen and oxygen atoms in total. The van der Waals surface area contributed by atoms with Crippen LogP contribution in [0.1, 0.15) is 18.4 Å². The number of amides is 2. The molecule has 18 heavy (non-hydrogen) atoms. The SMILES string of the molecule is CN1CCCC1.N#Cc1ccc(NC(N)=O)cc1. The van der Waals surface area contributed by atoms with Crippen molar-refractivity contribution in [2.24, 2.45) is 5.73 Å². The number of likely N-dealkylation sites (tertiary alicyclic amines) is 1. The summed E-state index contributed by atoms with van der Waals surface area (Å²) in [4.78, 5) is 12.7. The number of carbonyl (C=O) groups is 1. The van der Waals surface area contributed by atoms with Crippen LogP contribution in [0.15, 0.2) is 24.3 Å². The maximum absolute atomic E-state index is 10.4. The number of benzene rings is 1. The number of hydrogen-bond donors (Lipinski definition) is 2. The highest BCUT2D eigenvalue weighted by molar-refractivity contribution is 5.87. The molecule has 0 unspecified atom stereocenters. The molecular formula is C13H18N4O. The predicted octanol–water partition coefficient (Wildman–Crippen LogP) is 1.76. The van der Waals surface area contributed by atoms with Crippen LogP contribution in [0.5, 0.6) is 0 Å². The van der Waals surface area contributed by atoms with Crippen LogP contribution in [-0.4, -0.2) is 31.1 Å². The smallest absolute Gasteiger partial charge is 0.316 e. The van der Waals surface area contributed by atoms with Crippen LogP contribution in [0.25, 0.3) is 0 Å². The molecular weight excluding hydrogens is 228 g/mol. The van der Waals surface area contributed by atoms with Gasteiger partial charge in [0.2, 0.25) is 0 Å². The van der Waals surface area contributed by atoms with Crippen LogP contribution in [0, 0.1) is 11.3 Å². The number of nitrogens with two attached hydrogens (primary N) is 1. The Kier molecular flexibility index (Phi) is 5.68.